The van der Waals surface area contributed by atoms with Crippen LogP contribution in [-0.2, 0) is 14.8 Å². The number of hydrogen-bond donors (Lipinski definition) is 1. The maximum absolute atomic E-state index is 12.4. The number of halogens is 2. The van der Waals surface area contributed by atoms with Crippen LogP contribution in [0.5, 0.6) is 5.75 Å². The number of methoxy groups -OCH3 is 1. The number of nitrogens with zero attached hydrogens (tertiary/aromatic N) is 1. The van der Waals surface area contributed by atoms with Gasteiger partial charge in [-0.05, 0) is 30.3 Å². The Kier molecular flexibility index (Phi) is 7.41. The molecule has 2 aromatic carbocycles. The molecule has 0 fully saturated rings. The van der Waals surface area contributed by atoms with Gasteiger partial charge in [-0.2, -0.15) is 0 Å². The van der Waals surface area contributed by atoms with Crippen LogP contribution in [0.25, 0.3) is 0 Å². The normalized spacial score (nSPS) is 11.5. The van der Waals surface area contributed by atoms with Crippen LogP contribution in [0.4, 0.5) is 5.69 Å². The molecule has 0 aliphatic heterocycles. The van der Waals surface area contributed by atoms with E-state index in [1.165, 1.54) is 45.1 Å². The molecule has 0 atom stereocenters. The molecule has 2 aromatic rings. The second-order valence-electron chi connectivity index (χ2n) is 5.54. The molecule has 0 aliphatic carbocycles. The van der Waals surface area contributed by atoms with Crippen molar-refractivity contribution in [3.63, 3.8) is 0 Å². The first-order chi connectivity index (χ1) is 12.7. The molecule has 1 amide bonds. The summed E-state index contributed by atoms with van der Waals surface area (Å²) in [6, 6.07) is 9.52. The lowest BCUT2D eigenvalue weighted by Gasteiger charge is -2.16. The van der Waals surface area contributed by atoms with E-state index < -0.39 is 10.0 Å². The van der Waals surface area contributed by atoms with E-state index in [-0.39, 0.29) is 22.3 Å². The molecule has 0 spiro atoms. The van der Waals surface area contributed by atoms with E-state index in [9.17, 15) is 13.2 Å². The van der Waals surface area contributed by atoms with Gasteiger partial charge in [0.15, 0.2) is 0 Å². The maximum Gasteiger partial charge on any atom is 0.246 e. The number of carbonyl (C=O) groups is 1. The van der Waals surface area contributed by atoms with Crippen molar-refractivity contribution in [2.75, 3.05) is 32.3 Å². The second kappa shape index (κ2) is 9.16. The molecule has 0 saturated heterocycles. The number of benzene rings is 2. The van der Waals surface area contributed by atoms with Crippen LogP contribution >= 0.6 is 35.0 Å². The van der Waals surface area contributed by atoms with Crippen LogP contribution in [-0.4, -0.2) is 45.6 Å². The lowest BCUT2D eigenvalue weighted by atomic mass is 10.3. The third-order valence-electron chi connectivity index (χ3n) is 3.47. The Morgan fingerprint density at radius 3 is 2.37 bits per heavy atom. The summed E-state index contributed by atoms with van der Waals surface area (Å²) in [7, 11) is 0.495. The number of ether oxygens (including phenoxy) is 1. The molecule has 10 heteroatoms. The van der Waals surface area contributed by atoms with E-state index in [1.54, 1.807) is 24.3 Å². The Morgan fingerprint density at radius 1 is 1.19 bits per heavy atom. The molecule has 0 unspecified atom stereocenters. The zero-order chi connectivity index (χ0) is 20.2. The number of sulfonamides is 1. The number of carbonyl (C=O) groups excluding carboxylic acids is 1. The lowest BCUT2D eigenvalue weighted by Crippen LogP contribution is -2.23. The Hall–Kier alpha value is -1.45. The van der Waals surface area contributed by atoms with E-state index in [0.29, 0.717) is 20.6 Å². The molecule has 0 saturated carbocycles. The highest BCUT2D eigenvalue weighted by atomic mass is 35.5. The quantitative estimate of drug-likeness (QED) is 0.648. The highest BCUT2D eigenvalue weighted by Gasteiger charge is 2.23. The number of thioether (sulfide) groups is 1. The molecule has 27 heavy (non-hydrogen) atoms. The molecule has 0 aromatic heterocycles. The highest BCUT2D eigenvalue weighted by molar-refractivity contribution is 8.00. The monoisotopic (exact) mass is 448 g/mol. The summed E-state index contributed by atoms with van der Waals surface area (Å²) in [5, 5.41) is 3.59. The summed E-state index contributed by atoms with van der Waals surface area (Å²) in [4.78, 5) is 12.8. The first-order valence-electron chi connectivity index (χ1n) is 7.64. The van der Waals surface area contributed by atoms with Gasteiger partial charge < -0.3 is 10.1 Å². The van der Waals surface area contributed by atoms with Crippen molar-refractivity contribution in [2.45, 2.75) is 9.79 Å². The van der Waals surface area contributed by atoms with Gasteiger partial charge in [0.05, 0.1) is 22.9 Å². The summed E-state index contributed by atoms with van der Waals surface area (Å²) in [6.07, 6.45) is 0. The minimum atomic E-state index is -3.73. The van der Waals surface area contributed by atoms with Gasteiger partial charge in [-0.1, -0.05) is 29.3 Å². The van der Waals surface area contributed by atoms with Gasteiger partial charge in [-0.25, -0.2) is 12.7 Å². The van der Waals surface area contributed by atoms with E-state index in [0.717, 1.165) is 4.31 Å². The highest BCUT2D eigenvalue weighted by Crippen LogP contribution is 2.34. The summed E-state index contributed by atoms with van der Waals surface area (Å²) in [5.74, 6) is -0.0705. The summed E-state index contributed by atoms with van der Waals surface area (Å²) < 4.78 is 31.1. The maximum atomic E-state index is 12.4. The van der Waals surface area contributed by atoms with Crippen LogP contribution in [0.15, 0.2) is 46.2 Å². The zero-order valence-corrected chi connectivity index (χ0v) is 18.0. The minimum absolute atomic E-state index is 0.0328. The van der Waals surface area contributed by atoms with Crippen molar-refractivity contribution < 1.29 is 17.9 Å². The average molecular weight is 449 g/mol. The summed E-state index contributed by atoms with van der Waals surface area (Å²) >= 11 is 13.4. The van der Waals surface area contributed by atoms with Crippen LogP contribution in [0.2, 0.25) is 10.0 Å². The standard InChI is InChI=1S/C17H18Cl2N2O4S2/c1-21(2)27(23,24)15-9-11(7-8-14(15)25-3)20-16(22)10-26-17-12(18)5-4-6-13(17)19/h4-9H,10H2,1-3H3,(H,20,22). The Labute approximate surface area is 172 Å². The lowest BCUT2D eigenvalue weighted by molar-refractivity contribution is -0.113. The van der Waals surface area contributed by atoms with Crippen LogP contribution in [0.1, 0.15) is 0 Å². The number of rotatable bonds is 7. The van der Waals surface area contributed by atoms with E-state index in [4.69, 9.17) is 27.9 Å². The predicted molar refractivity (Wildman–Crippen MR) is 110 cm³/mol. The molecular formula is C17H18Cl2N2O4S2. The van der Waals surface area contributed by atoms with Crippen LogP contribution in [0, 0.1) is 0 Å². The van der Waals surface area contributed by atoms with Gasteiger partial charge >= 0.3 is 0 Å². The van der Waals surface area contributed by atoms with Crippen molar-refractivity contribution >= 4 is 56.6 Å². The molecule has 2 rings (SSSR count). The number of nitrogens with one attached hydrogen (secondary N) is 1. The van der Waals surface area contributed by atoms with E-state index in [2.05, 4.69) is 5.32 Å². The smallest absolute Gasteiger partial charge is 0.246 e. The minimum Gasteiger partial charge on any atom is -0.495 e. The number of anilines is 1. The van der Waals surface area contributed by atoms with Gasteiger partial charge in [-0.3, -0.25) is 4.79 Å². The second-order valence-corrected chi connectivity index (χ2v) is 9.46. The largest absolute Gasteiger partial charge is 0.495 e. The van der Waals surface area contributed by atoms with Gasteiger partial charge in [0.2, 0.25) is 15.9 Å². The molecule has 0 radical (unpaired) electrons. The van der Waals surface area contributed by atoms with Crippen LogP contribution < -0.4 is 10.1 Å². The summed E-state index contributed by atoms with van der Waals surface area (Å²) in [6.45, 7) is 0. The van der Waals surface area contributed by atoms with Crippen molar-refractivity contribution in [3.8, 4) is 5.75 Å². The van der Waals surface area contributed by atoms with Crippen molar-refractivity contribution in [3.05, 3.63) is 46.4 Å². The Balaban J connectivity index is 2.16. The molecule has 0 bridgehead atoms. The number of amides is 1. The van der Waals surface area contributed by atoms with Crippen molar-refractivity contribution in [1.82, 2.24) is 4.31 Å². The van der Waals surface area contributed by atoms with Crippen LogP contribution in [0.3, 0.4) is 0 Å². The predicted octanol–water partition coefficient (Wildman–Crippen LogP) is 3.98. The molecule has 0 aliphatic rings. The molecular weight excluding hydrogens is 431 g/mol. The fraction of sp³-hybridized carbons (Fsp3) is 0.235. The van der Waals surface area contributed by atoms with Crippen molar-refractivity contribution in [2.24, 2.45) is 0 Å². The third-order valence-corrected chi connectivity index (χ3v) is 7.30. The van der Waals surface area contributed by atoms with Gasteiger partial charge in [0, 0.05) is 24.7 Å². The van der Waals surface area contributed by atoms with Crippen molar-refractivity contribution in [1.29, 1.82) is 0 Å². The Morgan fingerprint density at radius 2 is 1.81 bits per heavy atom. The molecule has 146 valence electrons. The van der Waals surface area contributed by atoms with E-state index in [1.807, 2.05) is 0 Å². The zero-order valence-electron chi connectivity index (χ0n) is 14.8. The van der Waals surface area contributed by atoms with Gasteiger partial charge in [0.1, 0.15) is 10.6 Å². The SMILES string of the molecule is COc1ccc(NC(=O)CSc2c(Cl)cccc2Cl)cc1S(=O)(=O)N(C)C. The third kappa shape index (κ3) is 5.30. The van der Waals surface area contributed by atoms with Gasteiger partial charge in [-0.15, -0.1) is 11.8 Å². The molecule has 0 heterocycles. The Bertz CT molecular complexity index is 930. The molecule has 1 N–H and O–H groups in total. The first kappa shape index (κ1) is 21.8. The fourth-order valence-electron chi connectivity index (χ4n) is 2.11. The summed E-state index contributed by atoms with van der Waals surface area (Å²) in [5.41, 5.74) is 0.340. The number of hydrogen-bond acceptors (Lipinski definition) is 5. The van der Waals surface area contributed by atoms with Gasteiger partial charge in [0.25, 0.3) is 0 Å². The molecule has 6 nitrogen and oxygen atoms in total. The topological polar surface area (TPSA) is 75.7 Å². The van der Waals surface area contributed by atoms with E-state index >= 15 is 0 Å². The fourth-order valence-corrected chi connectivity index (χ4v) is 4.67. The average Bonchev–Trinajstić information content (AvgIpc) is 2.61. The first-order valence-corrected chi connectivity index (χ1v) is 10.8.